The average molecular weight is 297 g/mol. The summed E-state index contributed by atoms with van der Waals surface area (Å²) in [6, 6.07) is 0.109. The highest BCUT2D eigenvalue weighted by Gasteiger charge is 2.35. The lowest BCUT2D eigenvalue weighted by atomic mass is 9.84. The van der Waals surface area contributed by atoms with Crippen LogP contribution in [-0.2, 0) is 14.3 Å². The van der Waals surface area contributed by atoms with Gasteiger partial charge in [-0.05, 0) is 45.3 Å². The van der Waals surface area contributed by atoms with E-state index in [4.69, 9.17) is 4.74 Å². The Kier molecular flexibility index (Phi) is 5.58. The molecule has 2 heterocycles. The first-order valence-electron chi connectivity index (χ1n) is 7.78. The molecule has 3 unspecified atom stereocenters. The zero-order valence-corrected chi connectivity index (χ0v) is 13.3. The minimum absolute atomic E-state index is 0.197. The smallest absolute Gasteiger partial charge is 0.329 e. The normalized spacial score (nSPS) is 28.5. The van der Waals surface area contributed by atoms with Gasteiger partial charge in [-0.15, -0.1) is 0 Å². The molecule has 2 saturated heterocycles. The number of carbonyl (C=O) groups excluding carboxylic acids is 2. The van der Waals surface area contributed by atoms with Crippen LogP contribution in [0.2, 0.25) is 0 Å². The minimum atomic E-state index is -0.564. The van der Waals surface area contributed by atoms with Gasteiger partial charge in [0.05, 0.1) is 7.11 Å². The zero-order valence-electron chi connectivity index (χ0n) is 13.3. The summed E-state index contributed by atoms with van der Waals surface area (Å²) >= 11 is 0. The number of nitrogens with one attached hydrogen (secondary N) is 1. The van der Waals surface area contributed by atoms with Crippen molar-refractivity contribution in [3.05, 3.63) is 0 Å². The van der Waals surface area contributed by atoms with Crippen LogP contribution in [0.5, 0.6) is 0 Å². The number of amides is 1. The maximum absolute atomic E-state index is 11.8. The first-order chi connectivity index (χ1) is 10.0. The Bertz CT molecular complexity index is 388. The van der Waals surface area contributed by atoms with Crippen molar-refractivity contribution in [1.82, 2.24) is 15.1 Å². The lowest BCUT2D eigenvalue weighted by Gasteiger charge is -2.46. The fourth-order valence-corrected chi connectivity index (χ4v) is 3.72. The summed E-state index contributed by atoms with van der Waals surface area (Å²) in [6.07, 6.45) is 3.64. The summed E-state index contributed by atoms with van der Waals surface area (Å²) in [5.74, 6) is 0.110. The van der Waals surface area contributed by atoms with Gasteiger partial charge in [-0.3, -0.25) is 4.79 Å². The molecule has 2 fully saturated rings. The predicted octanol–water partition coefficient (Wildman–Crippen LogP) is 0.0802. The molecule has 3 atom stereocenters. The number of fused-ring (bicyclic) bond motifs is 1. The second-order valence-electron chi connectivity index (χ2n) is 6.27. The highest BCUT2D eigenvalue weighted by Crippen LogP contribution is 2.29. The molecule has 0 aromatic heterocycles. The summed E-state index contributed by atoms with van der Waals surface area (Å²) in [4.78, 5) is 27.8. The average Bonchev–Trinajstić information content (AvgIpc) is 2.45. The number of hydrogen-bond acceptors (Lipinski definition) is 5. The Morgan fingerprint density at radius 1 is 1.33 bits per heavy atom. The van der Waals surface area contributed by atoms with Gasteiger partial charge in [0.15, 0.2) is 0 Å². The zero-order chi connectivity index (χ0) is 15.4. The van der Waals surface area contributed by atoms with Crippen LogP contribution in [0.4, 0.5) is 0 Å². The van der Waals surface area contributed by atoms with Gasteiger partial charge in [-0.1, -0.05) is 0 Å². The van der Waals surface area contributed by atoms with E-state index < -0.39 is 6.04 Å². The molecule has 0 saturated carbocycles. The van der Waals surface area contributed by atoms with Gasteiger partial charge in [0.2, 0.25) is 5.91 Å². The van der Waals surface area contributed by atoms with Crippen LogP contribution in [0.3, 0.4) is 0 Å². The van der Waals surface area contributed by atoms with Gasteiger partial charge < -0.3 is 19.9 Å². The maximum atomic E-state index is 11.8. The number of rotatable bonds is 4. The third kappa shape index (κ3) is 4.17. The van der Waals surface area contributed by atoms with E-state index in [0.29, 0.717) is 18.5 Å². The summed E-state index contributed by atoms with van der Waals surface area (Å²) in [6.45, 7) is 5.13. The molecule has 6 nitrogen and oxygen atoms in total. The quantitative estimate of drug-likeness (QED) is 0.745. The van der Waals surface area contributed by atoms with E-state index in [1.54, 1.807) is 0 Å². The third-order valence-corrected chi connectivity index (χ3v) is 4.73. The van der Waals surface area contributed by atoms with E-state index in [2.05, 4.69) is 22.2 Å². The van der Waals surface area contributed by atoms with Gasteiger partial charge in [0.25, 0.3) is 0 Å². The number of nitrogens with zero attached hydrogens (tertiary/aromatic N) is 2. The SMILES string of the molecule is COC(=O)C(CN1CCC2C(CCCN2C)C1)NC(C)=O. The number of hydrogen-bond donors (Lipinski definition) is 1. The molecule has 0 spiro atoms. The summed E-state index contributed by atoms with van der Waals surface area (Å²) < 4.78 is 4.79. The molecular formula is C15H27N3O3. The topological polar surface area (TPSA) is 61.9 Å². The van der Waals surface area contributed by atoms with E-state index in [1.807, 2.05) is 0 Å². The number of ether oxygens (including phenoxy) is 1. The predicted molar refractivity (Wildman–Crippen MR) is 79.8 cm³/mol. The molecule has 0 aromatic rings. The van der Waals surface area contributed by atoms with Crippen molar-refractivity contribution in [2.45, 2.75) is 38.3 Å². The third-order valence-electron chi connectivity index (χ3n) is 4.73. The first-order valence-corrected chi connectivity index (χ1v) is 7.78. The fraction of sp³-hybridized carbons (Fsp3) is 0.867. The lowest BCUT2D eigenvalue weighted by molar-refractivity contribution is -0.145. The Balaban J connectivity index is 1.92. The number of esters is 1. The Hall–Kier alpha value is -1.14. The van der Waals surface area contributed by atoms with Crippen molar-refractivity contribution < 1.29 is 14.3 Å². The van der Waals surface area contributed by atoms with E-state index in [-0.39, 0.29) is 11.9 Å². The first kappa shape index (κ1) is 16.2. The van der Waals surface area contributed by atoms with Crippen molar-refractivity contribution in [2.75, 3.05) is 40.3 Å². The fourth-order valence-electron chi connectivity index (χ4n) is 3.72. The van der Waals surface area contributed by atoms with Crippen LogP contribution < -0.4 is 5.32 Å². The highest BCUT2D eigenvalue weighted by molar-refractivity contribution is 5.83. The van der Waals surface area contributed by atoms with Crippen LogP contribution in [0.1, 0.15) is 26.2 Å². The molecule has 2 rings (SSSR count). The number of carbonyl (C=O) groups is 2. The van der Waals surface area contributed by atoms with Crippen LogP contribution in [-0.4, -0.2) is 74.1 Å². The van der Waals surface area contributed by atoms with Gasteiger partial charge in [0, 0.05) is 26.1 Å². The van der Waals surface area contributed by atoms with Crippen molar-refractivity contribution in [3.63, 3.8) is 0 Å². The Morgan fingerprint density at radius 2 is 2.10 bits per heavy atom. The molecular weight excluding hydrogens is 270 g/mol. The summed E-state index contributed by atoms with van der Waals surface area (Å²) in [7, 11) is 3.57. The second-order valence-corrected chi connectivity index (χ2v) is 6.27. The Morgan fingerprint density at radius 3 is 2.76 bits per heavy atom. The van der Waals surface area contributed by atoms with Crippen molar-refractivity contribution >= 4 is 11.9 Å². The summed E-state index contributed by atoms with van der Waals surface area (Å²) in [5.41, 5.74) is 0. The van der Waals surface area contributed by atoms with E-state index in [9.17, 15) is 9.59 Å². The molecule has 2 aliphatic heterocycles. The molecule has 0 radical (unpaired) electrons. The molecule has 6 heteroatoms. The number of methoxy groups -OCH3 is 1. The monoisotopic (exact) mass is 297 g/mol. The van der Waals surface area contributed by atoms with E-state index in [0.717, 1.165) is 19.5 Å². The molecule has 21 heavy (non-hydrogen) atoms. The summed E-state index contributed by atoms with van der Waals surface area (Å²) in [5, 5.41) is 2.69. The number of piperidine rings is 2. The van der Waals surface area contributed by atoms with Crippen molar-refractivity contribution in [2.24, 2.45) is 5.92 Å². The van der Waals surface area contributed by atoms with Crippen LogP contribution in [0.15, 0.2) is 0 Å². The van der Waals surface area contributed by atoms with E-state index >= 15 is 0 Å². The standard InChI is InChI=1S/C15H27N3O3/c1-11(19)16-13(15(20)21-3)10-18-8-6-14-12(9-18)5-4-7-17(14)2/h12-14H,4-10H2,1-3H3,(H,16,19). The highest BCUT2D eigenvalue weighted by atomic mass is 16.5. The van der Waals surface area contributed by atoms with E-state index in [1.165, 1.54) is 33.4 Å². The molecule has 0 aliphatic carbocycles. The van der Waals surface area contributed by atoms with Crippen molar-refractivity contribution in [3.8, 4) is 0 Å². The molecule has 0 bridgehead atoms. The van der Waals surface area contributed by atoms with Gasteiger partial charge in [-0.2, -0.15) is 0 Å². The van der Waals surface area contributed by atoms with Crippen LogP contribution in [0, 0.1) is 5.92 Å². The molecule has 1 amide bonds. The maximum Gasteiger partial charge on any atom is 0.329 e. The molecule has 0 aromatic carbocycles. The number of likely N-dealkylation sites (tertiary alicyclic amines) is 2. The van der Waals surface area contributed by atoms with Crippen LogP contribution in [0.25, 0.3) is 0 Å². The van der Waals surface area contributed by atoms with Gasteiger partial charge in [0.1, 0.15) is 6.04 Å². The Labute approximate surface area is 126 Å². The second kappa shape index (κ2) is 7.22. The van der Waals surface area contributed by atoms with Crippen LogP contribution >= 0.6 is 0 Å². The molecule has 2 aliphatic rings. The van der Waals surface area contributed by atoms with Gasteiger partial charge in [-0.25, -0.2) is 4.79 Å². The minimum Gasteiger partial charge on any atom is -0.467 e. The van der Waals surface area contributed by atoms with Gasteiger partial charge >= 0.3 is 5.97 Å². The van der Waals surface area contributed by atoms with Crippen molar-refractivity contribution in [1.29, 1.82) is 0 Å². The molecule has 1 N–H and O–H groups in total. The largest absolute Gasteiger partial charge is 0.467 e. The molecule has 120 valence electrons. The lowest BCUT2D eigenvalue weighted by Crippen LogP contribution is -2.56.